The summed E-state index contributed by atoms with van der Waals surface area (Å²) in [4.78, 5) is 22.7. The predicted molar refractivity (Wildman–Crippen MR) is 132 cm³/mol. The molecule has 0 N–H and O–H groups in total. The van der Waals surface area contributed by atoms with Crippen LogP contribution < -0.4 is 4.90 Å². The quantitative estimate of drug-likeness (QED) is 0.346. The molecule has 0 bridgehead atoms. The second-order valence-electron chi connectivity index (χ2n) is 7.63. The molecule has 32 heavy (non-hydrogen) atoms. The van der Waals surface area contributed by atoms with Crippen LogP contribution in [-0.4, -0.2) is 46.4 Å². The third-order valence-electron chi connectivity index (χ3n) is 5.66. The lowest BCUT2D eigenvalue weighted by atomic mass is 10.2. The molecule has 5 rings (SSSR count). The molecule has 1 saturated heterocycles. The van der Waals surface area contributed by atoms with Crippen molar-refractivity contribution in [2.45, 2.75) is 6.42 Å². The Morgan fingerprint density at radius 2 is 1.75 bits per heavy atom. The fourth-order valence-corrected chi connectivity index (χ4v) is 5.33. The highest BCUT2D eigenvalue weighted by atomic mass is 35.5. The zero-order valence-electron chi connectivity index (χ0n) is 17.0. The Hall–Kier alpha value is -2.25. The van der Waals surface area contributed by atoms with Gasteiger partial charge in [0.15, 0.2) is 4.96 Å². The fourth-order valence-electron chi connectivity index (χ4n) is 3.92. The summed E-state index contributed by atoms with van der Waals surface area (Å²) in [7, 11) is 0. The average Bonchev–Trinajstić information content (AvgIpc) is 3.38. The highest BCUT2D eigenvalue weighted by Crippen LogP contribution is 2.33. The number of halogens is 3. The van der Waals surface area contributed by atoms with Crippen LogP contribution in [0.25, 0.3) is 16.2 Å². The fraction of sp³-hybridized carbons (Fsp3) is 0.217. The molecule has 0 radical (unpaired) electrons. The number of hydrogen-bond acceptors (Lipinski definition) is 4. The Morgan fingerprint density at radius 3 is 2.50 bits per heavy atom. The lowest BCUT2D eigenvalue weighted by molar-refractivity contribution is -0.130. The number of fused-ring (bicyclic) bond motifs is 1. The van der Waals surface area contributed by atoms with Gasteiger partial charge in [-0.05, 0) is 24.3 Å². The van der Waals surface area contributed by atoms with Crippen LogP contribution >= 0.6 is 46.1 Å². The van der Waals surface area contributed by atoms with Gasteiger partial charge in [0.1, 0.15) is 0 Å². The molecule has 0 atom stereocenters. The maximum absolute atomic E-state index is 13.0. The number of carbonyl (C=O) groups excluding carboxylic acids is 1. The van der Waals surface area contributed by atoms with E-state index in [-0.39, 0.29) is 5.91 Å². The number of amides is 1. The van der Waals surface area contributed by atoms with Crippen molar-refractivity contribution in [2.24, 2.45) is 0 Å². The second-order valence-corrected chi connectivity index (χ2v) is 9.69. The van der Waals surface area contributed by atoms with Crippen molar-refractivity contribution < 1.29 is 4.79 Å². The maximum Gasteiger partial charge on any atom is 0.228 e. The number of piperazine rings is 1. The molecule has 1 aliphatic rings. The van der Waals surface area contributed by atoms with Crippen LogP contribution in [0.3, 0.4) is 0 Å². The molecule has 9 heteroatoms. The zero-order valence-corrected chi connectivity index (χ0v) is 20.1. The van der Waals surface area contributed by atoms with E-state index in [4.69, 9.17) is 39.8 Å². The van der Waals surface area contributed by atoms with Crippen molar-refractivity contribution in [2.75, 3.05) is 31.1 Å². The van der Waals surface area contributed by atoms with E-state index in [9.17, 15) is 4.79 Å². The second kappa shape index (κ2) is 8.94. The molecule has 5 nitrogen and oxygen atoms in total. The molecule has 4 aromatic rings. The van der Waals surface area contributed by atoms with Crippen LogP contribution in [0.15, 0.2) is 54.0 Å². The minimum Gasteiger partial charge on any atom is -0.367 e. The molecule has 3 heterocycles. The molecule has 1 fully saturated rings. The van der Waals surface area contributed by atoms with Crippen molar-refractivity contribution in [1.29, 1.82) is 0 Å². The van der Waals surface area contributed by atoms with Gasteiger partial charge in [0.25, 0.3) is 0 Å². The summed E-state index contributed by atoms with van der Waals surface area (Å²) in [5.41, 5.74) is 3.73. The minimum absolute atomic E-state index is 0.114. The lowest BCUT2D eigenvalue weighted by Crippen LogP contribution is -2.49. The zero-order chi connectivity index (χ0) is 22.2. The number of rotatable bonds is 4. The molecule has 0 saturated carbocycles. The van der Waals surface area contributed by atoms with E-state index >= 15 is 0 Å². The standard InChI is InChI=1S/C23H19Cl3N4OS/c24-16-6-4-15(5-7-16)19-13-30-17(14-32-23(30)27-19)12-21(31)29-10-8-28(9-11-29)20-3-1-2-18(25)22(20)26/h1-7,13-14H,8-12H2. The van der Waals surface area contributed by atoms with Crippen molar-refractivity contribution in [1.82, 2.24) is 14.3 Å². The SMILES string of the molecule is O=C(Cc1csc2nc(-c3ccc(Cl)cc3)cn12)N1CCN(c2cccc(Cl)c2Cl)CC1. The van der Waals surface area contributed by atoms with Crippen LogP contribution in [0.4, 0.5) is 5.69 Å². The third-order valence-corrected chi connectivity index (χ3v) is 7.61. The van der Waals surface area contributed by atoms with Crippen LogP contribution in [0.2, 0.25) is 15.1 Å². The van der Waals surface area contributed by atoms with Crippen molar-refractivity contribution in [3.05, 3.63) is 74.8 Å². The first kappa shape index (κ1) is 21.6. The minimum atomic E-state index is 0.114. The van der Waals surface area contributed by atoms with Gasteiger partial charge in [-0.1, -0.05) is 53.0 Å². The first-order chi connectivity index (χ1) is 15.5. The molecule has 0 unspecified atom stereocenters. The molecule has 0 aliphatic carbocycles. The van der Waals surface area contributed by atoms with Gasteiger partial charge in [0.2, 0.25) is 5.91 Å². The van der Waals surface area contributed by atoms with Gasteiger partial charge in [-0.2, -0.15) is 0 Å². The highest BCUT2D eigenvalue weighted by molar-refractivity contribution is 7.15. The smallest absolute Gasteiger partial charge is 0.228 e. The van der Waals surface area contributed by atoms with Gasteiger partial charge < -0.3 is 9.80 Å². The van der Waals surface area contributed by atoms with E-state index in [2.05, 4.69) is 4.90 Å². The monoisotopic (exact) mass is 504 g/mol. The van der Waals surface area contributed by atoms with Crippen LogP contribution in [0.1, 0.15) is 5.69 Å². The highest BCUT2D eigenvalue weighted by Gasteiger charge is 2.24. The summed E-state index contributed by atoms with van der Waals surface area (Å²) in [6, 6.07) is 13.2. The molecule has 2 aromatic heterocycles. The number of nitrogens with zero attached hydrogens (tertiary/aromatic N) is 4. The van der Waals surface area contributed by atoms with E-state index in [0.29, 0.717) is 34.6 Å². The number of carbonyl (C=O) groups is 1. The van der Waals surface area contributed by atoms with Gasteiger partial charge in [-0.3, -0.25) is 9.20 Å². The normalized spacial score (nSPS) is 14.3. The number of benzene rings is 2. The lowest BCUT2D eigenvalue weighted by Gasteiger charge is -2.36. The Labute approximate surface area is 204 Å². The number of anilines is 1. The molecular weight excluding hydrogens is 487 g/mol. The first-order valence-electron chi connectivity index (χ1n) is 10.2. The number of hydrogen-bond donors (Lipinski definition) is 0. The Bertz CT molecular complexity index is 1280. The summed E-state index contributed by atoms with van der Waals surface area (Å²) in [5, 5.41) is 3.81. The molecule has 164 valence electrons. The summed E-state index contributed by atoms with van der Waals surface area (Å²) >= 11 is 20.0. The number of thiazole rings is 1. The summed E-state index contributed by atoms with van der Waals surface area (Å²) in [5.74, 6) is 0.114. The first-order valence-corrected chi connectivity index (χ1v) is 12.2. The predicted octanol–water partition coefficient (Wildman–Crippen LogP) is 5.91. The largest absolute Gasteiger partial charge is 0.367 e. The van der Waals surface area contributed by atoms with Crippen molar-refractivity contribution >= 4 is 62.7 Å². The van der Waals surface area contributed by atoms with Gasteiger partial charge >= 0.3 is 0 Å². The van der Waals surface area contributed by atoms with E-state index in [1.807, 2.05) is 57.3 Å². The van der Waals surface area contributed by atoms with Crippen LogP contribution in [-0.2, 0) is 11.2 Å². The Kier molecular flexibility index (Phi) is 6.03. The molecule has 1 amide bonds. The van der Waals surface area contributed by atoms with Crippen molar-refractivity contribution in [3.8, 4) is 11.3 Å². The van der Waals surface area contributed by atoms with Crippen molar-refractivity contribution in [3.63, 3.8) is 0 Å². The van der Waals surface area contributed by atoms with Crippen LogP contribution in [0.5, 0.6) is 0 Å². The summed E-state index contributed by atoms with van der Waals surface area (Å²) in [6.07, 6.45) is 2.32. The van der Waals surface area contributed by atoms with Gasteiger partial charge in [0.05, 0.1) is 27.8 Å². The van der Waals surface area contributed by atoms with Crippen LogP contribution in [0, 0.1) is 0 Å². The summed E-state index contributed by atoms with van der Waals surface area (Å²) in [6.45, 7) is 2.73. The van der Waals surface area contributed by atoms with Gasteiger partial charge in [-0.25, -0.2) is 4.98 Å². The third kappa shape index (κ3) is 4.20. The summed E-state index contributed by atoms with van der Waals surface area (Å²) < 4.78 is 2.01. The topological polar surface area (TPSA) is 40.9 Å². The average molecular weight is 506 g/mol. The molecule has 1 aliphatic heterocycles. The number of aromatic nitrogens is 2. The van der Waals surface area contributed by atoms with E-state index in [1.165, 1.54) is 0 Å². The Balaban J connectivity index is 1.26. The van der Waals surface area contributed by atoms with E-state index in [0.717, 1.165) is 40.7 Å². The van der Waals surface area contributed by atoms with E-state index in [1.54, 1.807) is 17.4 Å². The van der Waals surface area contributed by atoms with E-state index < -0.39 is 0 Å². The molecule has 2 aromatic carbocycles. The molecular formula is C23H19Cl3N4OS. The van der Waals surface area contributed by atoms with Gasteiger partial charge in [-0.15, -0.1) is 11.3 Å². The number of imidazole rings is 1. The molecule has 0 spiro atoms. The Morgan fingerprint density at radius 1 is 1.00 bits per heavy atom. The maximum atomic E-state index is 13.0. The van der Waals surface area contributed by atoms with Gasteiger partial charge in [0, 0.05) is 54.0 Å².